The first-order valence-corrected chi connectivity index (χ1v) is 19.3. The van der Waals surface area contributed by atoms with Gasteiger partial charge in [0, 0.05) is 46.1 Å². The number of carbonyl (C=O) groups excluding carboxylic acids is 3. The Hall–Kier alpha value is -3.71. The quantitative estimate of drug-likeness (QED) is 0.125. The van der Waals surface area contributed by atoms with Crippen molar-refractivity contribution in [2.75, 3.05) is 33.7 Å². The van der Waals surface area contributed by atoms with Gasteiger partial charge in [-0.1, -0.05) is 107 Å². The molecule has 4 N–H and O–H groups in total. The van der Waals surface area contributed by atoms with E-state index >= 15 is 0 Å². The number of nitrogens with zero attached hydrogens (tertiary/aromatic N) is 2. The summed E-state index contributed by atoms with van der Waals surface area (Å²) in [7, 11) is 3.79. The molecule has 3 rings (SSSR count). The van der Waals surface area contributed by atoms with Crippen molar-refractivity contribution in [3.8, 4) is 12.3 Å². The number of hydrogen-bond acceptors (Lipinski definition) is 6. The van der Waals surface area contributed by atoms with Crippen molar-refractivity contribution in [3.63, 3.8) is 0 Å². The molecule has 2 unspecified atom stereocenters. The van der Waals surface area contributed by atoms with Crippen LogP contribution >= 0.6 is 0 Å². The molecule has 0 spiro atoms. The third-order valence-corrected chi connectivity index (χ3v) is 10.3. The average Bonchev–Trinajstić information content (AvgIpc) is 3.13. The molecular weight excluding hydrogens is 652 g/mol. The van der Waals surface area contributed by atoms with Crippen LogP contribution in [0.15, 0.2) is 60.7 Å². The maximum Gasteiger partial charge on any atom is 0.225 e. The van der Waals surface area contributed by atoms with Crippen molar-refractivity contribution in [2.45, 2.75) is 109 Å². The smallest absolute Gasteiger partial charge is 0.225 e. The van der Waals surface area contributed by atoms with Crippen molar-refractivity contribution < 1.29 is 24.6 Å². The number of rotatable bonds is 22. The number of benzene rings is 2. The van der Waals surface area contributed by atoms with E-state index in [1.807, 2.05) is 69.4 Å². The van der Waals surface area contributed by atoms with E-state index in [0.29, 0.717) is 51.1 Å². The van der Waals surface area contributed by atoms with Gasteiger partial charge in [-0.15, -0.1) is 12.3 Å². The normalized spacial score (nSPS) is 16.4. The van der Waals surface area contributed by atoms with Gasteiger partial charge < -0.3 is 30.6 Å². The molecular formula is C43H64N4O5. The Morgan fingerprint density at radius 3 is 2.13 bits per heavy atom. The number of hydrogen-bond donors (Lipinski definition) is 4. The SMILES string of the molecule is C#CCC[C@H](CNC(=O)C(CC(=O)N(C)CCN(C)Cc1ccccc1)Cc1ccccc1)C(=O)NC(CC1CCCCC1)[C@@H](O)[C@@H](O)CC(C)C. The average molecular weight is 717 g/mol. The van der Waals surface area contributed by atoms with Crippen molar-refractivity contribution in [1.82, 2.24) is 20.4 Å². The van der Waals surface area contributed by atoms with Gasteiger partial charge in [0.15, 0.2) is 0 Å². The fourth-order valence-electron chi connectivity index (χ4n) is 7.15. The lowest BCUT2D eigenvalue weighted by Gasteiger charge is -2.33. The second kappa shape index (κ2) is 23.1. The van der Waals surface area contributed by atoms with Crippen LogP contribution in [-0.4, -0.2) is 89.7 Å². The van der Waals surface area contributed by atoms with Crippen molar-refractivity contribution in [3.05, 3.63) is 71.8 Å². The van der Waals surface area contributed by atoms with Crippen LogP contribution in [0.2, 0.25) is 0 Å². The summed E-state index contributed by atoms with van der Waals surface area (Å²) in [5.41, 5.74) is 2.15. The summed E-state index contributed by atoms with van der Waals surface area (Å²) in [5.74, 6) is 1.17. The summed E-state index contributed by atoms with van der Waals surface area (Å²) in [4.78, 5) is 45.0. The number of carbonyl (C=O) groups is 3. The van der Waals surface area contributed by atoms with Crippen molar-refractivity contribution in [2.24, 2.45) is 23.7 Å². The summed E-state index contributed by atoms with van der Waals surface area (Å²) in [6.45, 7) is 6.01. The Balaban J connectivity index is 1.67. The zero-order valence-electron chi connectivity index (χ0n) is 32.0. The van der Waals surface area contributed by atoms with Crippen molar-refractivity contribution in [1.29, 1.82) is 0 Å². The van der Waals surface area contributed by atoms with Gasteiger partial charge >= 0.3 is 0 Å². The molecule has 52 heavy (non-hydrogen) atoms. The van der Waals surface area contributed by atoms with Crippen LogP contribution in [0, 0.1) is 36.0 Å². The van der Waals surface area contributed by atoms with E-state index in [2.05, 4.69) is 33.6 Å². The summed E-state index contributed by atoms with van der Waals surface area (Å²) in [6, 6.07) is 19.2. The molecule has 1 aliphatic carbocycles. The predicted octanol–water partition coefficient (Wildman–Crippen LogP) is 5.19. The molecule has 0 heterocycles. The molecule has 1 fully saturated rings. The van der Waals surface area contributed by atoms with Gasteiger partial charge in [-0.3, -0.25) is 14.4 Å². The Bertz CT molecular complexity index is 1370. The monoisotopic (exact) mass is 716 g/mol. The first-order chi connectivity index (χ1) is 25.0. The molecule has 0 saturated heterocycles. The Kier molecular flexibility index (Phi) is 18.9. The molecule has 0 bridgehead atoms. The van der Waals surface area contributed by atoms with Gasteiger partial charge in [0.2, 0.25) is 17.7 Å². The zero-order valence-corrected chi connectivity index (χ0v) is 32.0. The van der Waals surface area contributed by atoms with Crippen LogP contribution in [0.4, 0.5) is 0 Å². The maximum atomic E-state index is 13.8. The number of nitrogens with one attached hydrogen (secondary N) is 2. The lowest BCUT2D eigenvalue weighted by atomic mass is 9.82. The minimum atomic E-state index is -1.10. The van der Waals surface area contributed by atoms with Gasteiger partial charge in [0.1, 0.15) is 6.10 Å². The van der Waals surface area contributed by atoms with Crippen LogP contribution < -0.4 is 10.6 Å². The third-order valence-electron chi connectivity index (χ3n) is 10.3. The number of aliphatic hydroxyl groups is 2. The highest BCUT2D eigenvalue weighted by atomic mass is 16.3. The van der Waals surface area contributed by atoms with Crippen LogP contribution in [0.1, 0.15) is 89.2 Å². The van der Waals surface area contributed by atoms with Gasteiger partial charge in [-0.05, 0) is 55.7 Å². The zero-order chi connectivity index (χ0) is 37.9. The molecule has 286 valence electrons. The first-order valence-electron chi connectivity index (χ1n) is 19.3. The molecule has 9 nitrogen and oxygen atoms in total. The van der Waals surface area contributed by atoms with Crippen LogP contribution in [-0.2, 0) is 27.3 Å². The minimum Gasteiger partial charge on any atom is -0.390 e. The first kappa shape index (κ1) is 42.7. The van der Waals surface area contributed by atoms with Crippen LogP contribution in [0.25, 0.3) is 0 Å². The lowest BCUT2D eigenvalue weighted by molar-refractivity contribution is -0.136. The van der Waals surface area contributed by atoms with Gasteiger partial charge in [-0.2, -0.15) is 0 Å². The second-order valence-corrected chi connectivity index (χ2v) is 15.4. The molecule has 1 saturated carbocycles. The highest BCUT2D eigenvalue weighted by molar-refractivity contribution is 5.86. The standard InChI is InChI=1S/C43H64N4O5/c1-6-7-23-36(43(52)45-38(28-34-19-13-9-14-20-34)41(50)39(48)26-32(2)3)30-44-42(51)37(27-33-17-11-8-12-18-33)29-40(49)47(5)25-24-46(4)31-35-21-15-10-16-22-35/h1,8,10-12,15-18,21-22,32,34,36-39,41,48,50H,7,9,13-14,19-20,23-31H2,2-5H3,(H,44,51)(H,45,52)/t36-,37?,38?,39+,41-/m1/s1. The molecule has 0 aromatic heterocycles. The molecule has 0 radical (unpaired) electrons. The molecule has 0 aliphatic heterocycles. The lowest BCUT2D eigenvalue weighted by Crippen LogP contribution is -2.52. The second-order valence-electron chi connectivity index (χ2n) is 15.4. The van der Waals surface area contributed by atoms with E-state index in [9.17, 15) is 24.6 Å². The number of aliphatic hydroxyl groups excluding tert-OH is 2. The maximum absolute atomic E-state index is 13.8. The summed E-state index contributed by atoms with van der Waals surface area (Å²) < 4.78 is 0. The fourth-order valence-corrected chi connectivity index (χ4v) is 7.15. The summed E-state index contributed by atoms with van der Waals surface area (Å²) in [5, 5.41) is 28.2. The van der Waals surface area contributed by atoms with Crippen molar-refractivity contribution >= 4 is 17.7 Å². The summed E-state index contributed by atoms with van der Waals surface area (Å²) in [6.07, 6.45) is 11.2. The van der Waals surface area contributed by atoms with E-state index in [-0.39, 0.29) is 36.6 Å². The van der Waals surface area contributed by atoms with Crippen LogP contribution in [0.3, 0.4) is 0 Å². The predicted molar refractivity (Wildman–Crippen MR) is 208 cm³/mol. The van der Waals surface area contributed by atoms with E-state index in [0.717, 1.165) is 37.8 Å². The minimum absolute atomic E-state index is 0.0320. The molecule has 5 atom stereocenters. The van der Waals surface area contributed by atoms with E-state index in [1.165, 1.54) is 12.0 Å². The van der Waals surface area contributed by atoms with Gasteiger partial charge in [-0.25, -0.2) is 0 Å². The number of terminal acetylenes is 1. The topological polar surface area (TPSA) is 122 Å². The Morgan fingerprint density at radius 1 is 0.885 bits per heavy atom. The van der Waals surface area contributed by atoms with E-state index in [1.54, 1.807) is 11.9 Å². The Labute approximate surface area is 312 Å². The third kappa shape index (κ3) is 15.5. The summed E-state index contributed by atoms with van der Waals surface area (Å²) >= 11 is 0. The molecule has 3 amide bonds. The Morgan fingerprint density at radius 2 is 1.52 bits per heavy atom. The number of amides is 3. The fraction of sp³-hybridized carbons (Fsp3) is 0.605. The van der Waals surface area contributed by atoms with Crippen LogP contribution in [0.5, 0.6) is 0 Å². The largest absolute Gasteiger partial charge is 0.390 e. The molecule has 1 aliphatic rings. The molecule has 9 heteroatoms. The molecule has 2 aromatic rings. The molecule has 2 aromatic carbocycles. The highest BCUT2D eigenvalue weighted by Crippen LogP contribution is 2.29. The van der Waals surface area contributed by atoms with E-state index < -0.39 is 30.1 Å². The highest BCUT2D eigenvalue weighted by Gasteiger charge is 2.33. The van der Waals surface area contributed by atoms with E-state index in [4.69, 9.17) is 6.42 Å². The number of likely N-dealkylation sites (N-methyl/N-ethyl adjacent to an activating group) is 2. The van der Waals surface area contributed by atoms with Gasteiger partial charge in [0.25, 0.3) is 0 Å². The van der Waals surface area contributed by atoms with Gasteiger partial charge in [0.05, 0.1) is 24.0 Å².